The Hall–Kier alpha value is -0.980. The van der Waals surface area contributed by atoms with Gasteiger partial charge in [0.15, 0.2) is 12.4 Å². The van der Waals surface area contributed by atoms with Crippen LogP contribution in [0.5, 0.6) is 5.75 Å². The van der Waals surface area contributed by atoms with E-state index in [1.165, 1.54) is 12.1 Å². The number of benzene rings is 1. The van der Waals surface area contributed by atoms with Crippen molar-refractivity contribution in [1.29, 1.82) is 0 Å². The average Bonchev–Trinajstić information content (AvgIpc) is 2.25. The minimum absolute atomic E-state index is 0.0955. The fourth-order valence-corrected chi connectivity index (χ4v) is 1.64. The first-order valence-corrected chi connectivity index (χ1v) is 5.33. The van der Waals surface area contributed by atoms with E-state index in [-0.39, 0.29) is 21.4 Å². The molecule has 1 aromatic carbocycles. The molecule has 0 fully saturated rings. The van der Waals surface area contributed by atoms with Crippen molar-refractivity contribution in [2.45, 2.75) is 12.3 Å². The number of aliphatic hydroxyl groups is 1. The molecule has 1 atom stereocenters. The average molecular weight is 303 g/mol. The highest BCUT2D eigenvalue weighted by molar-refractivity contribution is 6.36. The van der Waals surface area contributed by atoms with Gasteiger partial charge in [0.2, 0.25) is 0 Å². The van der Waals surface area contributed by atoms with E-state index >= 15 is 0 Å². The summed E-state index contributed by atoms with van der Waals surface area (Å²) < 4.78 is 40.8. The van der Waals surface area contributed by atoms with Crippen molar-refractivity contribution in [3.63, 3.8) is 0 Å². The zero-order chi connectivity index (χ0) is 13.9. The van der Waals surface area contributed by atoms with Gasteiger partial charge in [-0.25, -0.2) is 0 Å². The van der Waals surface area contributed by atoms with Crippen LogP contribution in [-0.2, 0) is 0 Å². The third kappa shape index (κ3) is 3.76. The summed E-state index contributed by atoms with van der Waals surface area (Å²) in [5.74, 6) is -0.251. The van der Waals surface area contributed by atoms with Gasteiger partial charge in [-0.1, -0.05) is 23.2 Å². The molecule has 18 heavy (non-hydrogen) atoms. The van der Waals surface area contributed by atoms with Crippen LogP contribution in [0.1, 0.15) is 10.4 Å². The molecule has 0 spiro atoms. The van der Waals surface area contributed by atoms with Crippen molar-refractivity contribution < 1.29 is 27.8 Å². The molecule has 1 N–H and O–H groups in total. The molecule has 0 amide bonds. The highest BCUT2D eigenvalue weighted by Gasteiger charge is 2.39. The van der Waals surface area contributed by atoms with Crippen molar-refractivity contribution in [2.24, 2.45) is 0 Å². The maximum atomic E-state index is 12.0. The van der Waals surface area contributed by atoms with E-state index in [1.807, 2.05) is 0 Å². The van der Waals surface area contributed by atoms with Gasteiger partial charge < -0.3 is 9.84 Å². The molecule has 1 rings (SSSR count). The Morgan fingerprint density at radius 3 is 2.50 bits per heavy atom. The van der Waals surface area contributed by atoms with Crippen LogP contribution < -0.4 is 4.74 Å². The zero-order valence-corrected chi connectivity index (χ0v) is 10.2. The zero-order valence-electron chi connectivity index (χ0n) is 8.67. The van der Waals surface area contributed by atoms with Gasteiger partial charge in [0.1, 0.15) is 12.4 Å². The highest BCUT2D eigenvalue weighted by atomic mass is 35.5. The summed E-state index contributed by atoms with van der Waals surface area (Å²) in [5.41, 5.74) is -0.0955. The van der Waals surface area contributed by atoms with Crippen LogP contribution in [0.3, 0.4) is 0 Å². The van der Waals surface area contributed by atoms with Gasteiger partial charge in [-0.05, 0) is 12.1 Å². The van der Waals surface area contributed by atoms with Crippen molar-refractivity contribution in [2.75, 3.05) is 6.61 Å². The number of ether oxygens (including phenoxy) is 1. The maximum absolute atomic E-state index is 12.0. The summed E-state index contributed by atoms with van der Waals surface area (Å²) in [7, 11) is 0. The molecule has 0 heterocycles. The Kier molecular flexibility index (Phi) is 4.84. The molecule has 0 aliphatic heterocycles. The van der Waals surface area contributed by atoms with Gasteiger partial charge in [0, 0.05) is 5.02 Å². The third-order valence-corrected chi connectivity index (χ3v) is 2.43. The van der Waals surface area contributed by atoms with Crippen molar-refractivity contribution >= 4 is 29.5 Å². The van der Waals surface area contributed by atoms with E-state index in [2.05, 4.69) is 0 Å². The number of halogens is 5. The van der Waals surface area contributed by atoms with Gasteiger partial charge >= 0.3 is 6.18 Å². The first-order valence-electron chi connectivity index (χ1n) is 4.57. The first kappa shape index (κ1) is 15.1. The summed E-state index contributed by atoms with van der Waals surface area (Å²) in [6.07, 6.45) is -7.13. The number of carbonyl (C=O) groups excluding carboxylic acids is 1. The highest BCUT2D eigenvalue weighted by Crippen LogP contribution is 2.32. The Morgan fingerprint density at radius 2 is 2.00 bits per heavy atom. The van der Waals surface area contributed by atoms with Crippen molar-refractivity contribution in [3.05, 3.63) is 27.7 Å². The van der Waals surface area contributed by atoms with E-state index in [1.54, 1.807) is 0 Å². The maximum Gasteiger partial charge on any atom is 0.417 e. The summed E-state index contributed by atoms with van der Waals surface area (Å²) >= 11 is 11.3. The molecule has 0 bridgehead atoms. The van der Waals surface area contributed by atoms with Crippen LogP contribution in [0.4, 0.5) is 13.2 Å². The van der Waals surface area contributed by atoms with Crippen LogP contribution in [0.2, 0.25) is 10.0 Å². The lowest BCUT2D eigenvalue weighted by molar-refractivity contribution is -0.210. The Bertz CT molecular complexity index is 449. The van der Waals surface area contributed by atoms with Crippen LogP contribution in [-0.4, -0.2) is 30.3 Å². The second kappa shape index (κ2) is 5.77. The number of aldehydes is 1. The number of hydrogen-bond donors (Lipinski definition) is 1. The first-order chi connectivity index (χ1) is 8.25. The van der Waals surface area contributed by atoms with E-state index in [9.17, 15) is 18.0 Å². The monoisotopic (exact) mass is 302 g/mol. The van der Waals surface area contributed by atoms with Gasteiger partial charge in [0.05, 0.1) is 10.6 Å². The minimum atomic E-state index is -4.81. The molecular weight excluding hydrogens is 296 g/mol. The molecule has 0 saturated heterocycles. The number of alkyl halides is 3. The van der Waals surface area contributed by atoms with Gasteiger partial charge in [0.25, 0.3) is 0 Å². The number of rotatable bonds is 4. The van der Waals surface area contributed by atoms with Crippen molar-refractivity contribution in [1.82, 2.24) is 0 Å². The molecule has 0 radical (unpaired) electrons. The Morgan fingerprint density at radius 1 is 1.39 bits per heavy atom. The van der Waals surface area contributed by atoms with Gasteiger partial charge in [-0.2, -0.15) is 13.2 Å². The lowest BCUT2D eigenvalue weighted by Gasteiger charge is -2.16. The summed E-state index contributed by atoms with van der Waals surface area (Å²) in [6.45, 7) is -1.06. The fourth-order valence-electron chi connectivity index (χ4n) is 1.08. The number of aliphatic hydroxyl groups excluding tert-OH is 1. The predicted octanol–water partition coefficient (Wildman–Crippen LogP) is 3.11. The SMILES string of the molecule is O=Cc1cc(Cl)cc(Cl)c1OCC(O)C(F)(F)F. The molecule has 0 aliphatic rings. The van der Waals surface area contributed by atoms with Crippen LogP contribution in [0.25, 0.3) is 0 Å². The molecule has 0 aromatic heterocycles. The summed E-state index contributed by atoms with van der Waals surface area (Å²) in [5, 5.41) is 8.78. The molecule has 0 aliphatic carbocycles. The standard InChI is InChI=1S/C10H7Cl2F3O3/c11-6-1-5(3-16)9(7(12)2-6)18-4-8(17)10(13,14)15/h1-3,8,17H,4H2. The number of hydrogen-bond acceptors (Lipinski definition) is 3. The smallest absolute Gasteiger partial charge is 0.417 e. The predicted molar refractivity (Wildman–Crippen MR) is 59.4 cm³/mol. The van der Waals surface area contributed by atoms with Crippen molar-refractivity contribution in [3.8, 4) is 5.75 Å². The minimum Gasteiger partial charge on any atom is -0.488 e. The Balaban J connectivity index is 2.88. The molecule has 8 heteroatoms. The molecule has 100 valence electrons. The van der Waals surface area contributed by atoms with Crippen LogP contribution in [0, 0.1) is 0 Å². The molecular formula is C10H7Cl2F3O3. The number of carbonyl (C=O) groups is 1. The van der Waals surface area contributed by atoms with E-state index in [4.69, 9.17) is 33.0 Å². The second-order valence-electron chi connectivity index (χ2n) is 3.29. The van der Waals surface area contributed by atoms with E-state index in [0.717, 1.165) is 0 Å². The normalized spacial score (nSPS) is 13.2. The topological polar surface area (TPSA) is 46.5 Å². The van der Waals surface area contributed by atoms with Crippen LogP contribution >= 0.6 is 23.2 Å². The van der Waals surface area contributed by atoms with E-state index < -0.39 is 18.9 Å². The van der Waals surface area contributed by atoms with E-state index in [0.29, 0.717) is 6.29 Å². The Labute approximate surface area is 110 Å². The second-order valence-corrected chi connectivity index (χ2v) is 4.14. The third-order valence-electron chi connectivity index (χ3n) is 1.93. The molecule has 0 saturated carbocycles. The van der Waals surface area contributed by atoms with Crippen LogP contribution in [0.15, 0.2) is 12.1 Å². The molecule has 1 aromatic rings. The van der Waals surface area contributed by atoms with Gasteiger partial charge in [-0.15, -0.1) is 0 Å². The lowest BCUT2D eigenvalue weighted by atomic mass is 10.2. The fraction of sp³-hybridized carbons (Fsp3) is 0.300. The quantitative estimate of drug-likeness (QED) is 0.869. The molecule has 3 nitrogen and oxygen atoms in total. The van der Waals surface area contributed by atoms with Gasteiger partial charge in [-0.3, -0.25) is 4.79 Å². The summed E-state index contributed by atoms with van der Waals surface area (Å²) in [6, 6.07) is 2.40. The largest absolute Gasteiger partial charge is 0.488 e. The lowest BCUT2D eigenvalue weighted by Crippen LogP contribution is -2.34. The summed E-state index contributed by atoms with van der Waals surface area (Å²) in [4.78, 5) is 10.7. The molecule has 1 unspecified atom stereocenters.